The molecule has 0 aliphatic carbocycles. The van der Waals surface area contributed by atoms with E-state index < -0.39 is 0 Å². The average molecular weight is 226 g/mol. The Labute approximate surface area is 102 Å². The zero-order valence-corrected chi connectivity index (χ0v) is 12.0. The van der Waals surface area contributed by atoms with Crippen molar-refractivity contribution in [3.63, 3.8) is 0 Å². The van der Waals surface area contributed by atoms with E-state index in [0.717, 1.165) is 12.5 Å². The van der Waals surface area contributed by atoms with Crippen molar-refractivity contribution in [3.8, 4) is 0 Å². The predicted octanol–water partition coefficient (Wildman–Crippen LogP) is 2.88. The Morgan fingerprint density at radius 3 is 2.38 bits per heavy atom. The monoisotopic (exact) mass is 226 g/mol. The molecule has 1 fully saturated rings. The summed E-state index contributed by atoms with van der Waals surface area (Å²) in [6.07, 6.45) is 2.49. The summed E-state index contributed by atoms with van der Waals surface area (Å²) in [5, 5.41) is 3.75. The summed E-state index contributed by atoms with van der Waals surface area (Å²) in [6.45, 7) is 16.3. The number of hydrogen-bond donors (Lipinski definition) is 1. The van der Waals surface area contributed by atoms with Crippen molar-refractivity contribution in [1.82, 2.24) is 10.2 Å². The first kappa shape index (κ1) is 14.0. The lowest BCUT2D eigenvalue weighted by Crippen LogP contribution is -2.65. The fraction of sp³-hybridized carbons (Fsp3) is 1.00. The third kappa shape index (κ3) is 2.98. The van der Waals surface area contributed by atoms with Crippen LogP contribution in [-0.4, -0.2) is 35.6 Å². The lowest BCUT2D eigenvalue weighted by Gasteiger charge is -2.49. The maximum absolute atomic E-state index is 3.75. The zero-order chi connectivity index (χ0) is 12.3. The van der Waals surface area contributed by atoms with Gasteiger partial charge in [0, 0.05) is 30.7 Å². The number of rotatable bonds is 4. The SMILES string of the molecule is CCC(C)C1CNC(C)(CC)CN1C(C)C. The molecule has 3 atom stereocenters. The van der Waals surface area contributed by atoms with Crippen LogP contribution in [0.3, 0.4) is 0 Å². The molecule has 0 bridgehead atoms. The van der Waals surface area contributed by atoms with Crippen molar-refractivity contribution in [2.45, 2.75) is 72.0 Å². The highest BCUT2D eigenvalue weighted by molar-refractivity contribution is 4.96. The topological polar surface area (TPSA) is 15.3 Å². The van der Waals surface area contributed by atoms with Crippen LogP contribution in [0.25, 0.3) is 0 Å². The third-order valence-electron chi connectivity index (χ3n) is 4.44. The van der Waals surface area contributed by atoms with Crippen molar-refractivity contribution in [3.05, 3.63) is 0 Å². The Hall–Kier alpha value is -0.0800. The highest BCUT2D eigenvalue weighted by atomic mass is 15.3. The van der Waals surface area contributed by atoms with Gasteiger partial charge in [-0.1, -0.05) is 27.2 Å². The number of nitrogens with one attached hydrogen (secondary N) is 1. The molecule has 1 heterocycles. The molecule has 0 aromatic heterocycles. The Morgan fingerprint density at radius 1 is 1.31 bits per heavy atom. The first-order valence-corrected chi connectivity index (χ1v) is 6.94. The minimum absolute atomic E-state index is 0.314. The van der Waals surface area contributed by atoms with Crippen LogP contribution in [0.15, 0.2) is 0 Å². The fourth-order valence-electron chi connectivity index (χ4n) is 2.65. The summed E-state index contributed by atoms with van der Waals surface area (Å²) in [5.41, 5.74) is 0.314. The second kappa shape index (κ2) is 5.50. The van der Waals surface area contributed by atoms with E-state index in [1.54, 1.807) is 0 Å². The molecule has 0 radical (unpaired) electrons. The van der Waals surface area contributed by atoms with E-state index >= 15 is 0 Å². The van der Waals surface area contributed by atoms with Gasteiger partial charge >= 0.3 is 0 Å². The van der Waals surface area contributed by atoms with Crippen molar-refractivity contribution in [1.29, 1.82) is 0 Å². The molecule has 1 N–H and O–H groups in total. The maximum Gasteiger partial charge on any atom is 0.0278 e. The van der Waals surface area contributed by atoms with Crippen molar-refractivity contribution in [2.24, 2.45) is 5.92 Å². The van der Waals surface area contributed by atoms with Gasteiger partial charge in [0.05, 0.1) is 0 Å². The number of hydrogen-bond acceptors (Lipinski definition) is 2. The molecule has 96 valence electrons. The van der Waals surface area contributed by atoms with Crippen molar-refractivity contribution < 1.29 is 0 Å². The predicted molar refractivity (Wildman–Crippen MR) is 71.8 cm³/mol. The quantitative estimate of drug-likeness (QED) is 0.793. The van der Waals surface area contributed by atoms with Crippen LogP contribution < -0.4 is 5.32 Å². The van der Waals surface area contributed by atoms with E-state index in [0.29, 0.717) is 17.6 Å². The van der Waals surface area contributed by atoms with E-state index in [-0.39, 0.29) is 0 Å². The second-order valence-electron chi connectivity index (χ2n) is 6.01. The lowest BCUT2D eigenvalue weighted by atomic mass is 9.87. The minimum atomic E-state index is 0.314. The summed E-state index contributed by atoms with van der Waals surface area (Å²) >= 11 is 0. The zero-order valence-electron chi connectivity index (χ0n) is 12.0. The smallest absolute Gasteiger partial charge is 0.0278 e. The minimum Gasteiger partial charge on any atom is -0.309 e. The van der Waals surface area contributed by atoms with Gasteiger partial charge in [0.1, 0.15) is 0 Å². The summed E-state index contributed by atoms with van der Waals surface area (Å²) in [4.78, 5) is 2.70. The molecule has 2 nitrogen and oxygen atoms in total. The van der Waals surface area contributed by atoms with Crippen LogP contribution in [0, 0.1) is 5.92 Å². The molecular weight excluding hydrogens is 196 g/mol. The molecule has 0 spiro atoms. The molecular formula is C14H30N2. The second-order valence-corrected chi connectivity index (χ2v) is 6.01. The van der Waals surface area contributed by atoms with Crippen LogP contribution in [0.2, 0.25) is 0 Å². The Kier molecular flexibility index (Phi) is 4.81. The molecule has 1 rings (SSSR count). The van der Waals surface area contributed by atoms with E-state index in [1.807, 2.05) is 0 Å². The molecule has 16 heavy (non-hydrogen) atoms. The Balaban J connectivity index is 2.75. The Morgan fingerprint density at radius 2 is 1.94 bits per heavy atom. The highest BCUT2D eigenvalue weighted by Crippen LogP contribution is 2.25. The molecule has 1 aliphatic heterocycles. The summed E-state index contributed by atoms with van der Waals surface area (Å²) in [6, 6.07) is 1.37. The lowest BCUT2D eigenvalue weighted by molar-refractivity contribution is 0.0312. The number of nitrogens with zero attached hydrogens (tertiary/aromatic N) is 1. The molecule has 0 aromatic rings. The summed E-state index contributed by atoms with van der Waals surface area (Å²) in [7, 11) is 0. The van der Waals surface area contributed by atoms with Crippen LogP contribution >= 0.6 is 0 Å². The maximum atomic E-state index is 3.75. The van der Waals surface area contributed by atoms with Gasteiger partial charge in [0.15, 0.2) is 0 Å². The van der Waals surface area contributed by atoms with E-state index in [9.17, 15) is 0 Å². The fourth-order valence-corrected chi connectivity index (χ4v) is 2.65. The largest absolute Gasteiger partial charge is 0.309 e. The standard InChI is InChI=1S/C14H30N2/c1-7-12(5)13-9-15-14(6,8-2)10-16(13)11(3)4/h11-13,15H,7-10H2,1-6H3. The van der Waals surface area contributed by atoms with Crippen LogP contribution in [0.4, 0.5) is 0 Å². The molecule has 2 heteroatoms. The molecule has 0 aromatic carbocycles. The van der Waals surface area contributed by atoms with Gasteiger partial charge in [-0.05, 0) is 33.1 Å². The van der Waals surface area contributed by atoms with Crippen LogP contribution in [0.1, 0.15) is 54.4 Å². The van der Waals surface area contributed by atoms with Crippen molar-refractivity contribution >= 4 is 0 Å². The van der Waals surface area contributed by atoms with Gasteiger partial charge < -0.3 is 5.32 Å². The molecule has 1 saturated heterocycles. The van der Waals surface area contributed by atoms with Crippen LogP contribution in [0.5, 0.6) is 0 Å². The third-order valence-corrected chi connectivity index (χ3v) is 4.44. The van der Waals surface area contributed by atoms with Gasteiger partial charge in [-0.2, -0.15) is 0 Å². The highest BCUT2D eigenvalue weighted by Gasteiger charge is 2.37. The van der Waals surface area contributed by atoms with E-state index in [1.165, 1.54) is 19.4 Å². The molecule has 1 aliphatic rings. The average Bonchev–Trinajstić information content (AvgIpc) is 2.28. The first-order valence-electron chi connectivity index (χ1n) is 6.94. The Bertz CT molecular complexity index is 215. The van der Waals surface area contributed by atoms with Gasteiger partial charge in [-0.3, -0.25) is 4.90 Å². The van der Waals surface area contributed by atoms with E-state index in [4.69, 9.17) is 0 Å². The molecule has 0 amide bonds. The number of piperazine rings is 1. The summed E-state index contributed by atoms with van der Waals surface area (Å²) in [5.74, 6) is 0.788. The summed E-state index contributed by atoms with van der Waals surface area (Å²) < 4.78 is 0. The van der Waals surface area contributed by atoms with Gasteiger partial charge in [0.25, 0.3) is 0 Å². The van der Waals surface area contributed by atoms with Gasteiger partial charge in [-0.15, -0.1) is 0 Å². The normalized spacial score (nSPS) is 34.3. The van der Waals surface area contributed by atoms with E-state index in [2.05, 4.69) is 51.8 Å². The molecule has 3 unspecified atom stereocenters. The van der Waals surface area contributed by atoms with Crippen LogP contribution in [-0.2, 0) is 0 Å². The van der Waals surface area contributed by atoms with Crippen molar-refractivity contribution in [2.75, 3.05) is 13.1 Å². The first-order chi connectivity index (χ1) is 7.43. The van der Waals surface area contributed by atoms with Gasteiger partial charge in [-0.25, -0.2) is 0 Å². The molecule has 0 saturated carbocycles. The van der Waals surface area contributed by atoms with Gasteiger partial charge in [0.2, 0.25) is 0 Å².